The molecule has 0 aliphatic carbocycles. The van der Waals surface area contributed by atoms with Gasteiger partial charge in [-0.05, 0) is 43.9 Å². The van der Waals surface area contributed by atoms with Crippen LogP contribution in [0.1, 0.15) is 22.1 Å². The first-order valence-corrected chi connectivity index (χ1v) is 10.1. The molecule has 3 aromatic rings. The topological polar surface area (TPSA) is 76.8 Å². The third-order valence-corrected chi connectivity index (χ3v) is 5.27. The van der Waals surface area contributed by atoms with Gasteiger partial charge in [-0.2, -0.15) is 0 Å². The molecule has 7 nitrogen and oxygen atoms in total. The van der Waals surface area contributed by atoms with Crippen molar-refractivity contribution in [1.29, 1.82) is 0 Å². The van der Waals surface area contributed by atoms with E-state index in [0.29, 0.717) is 23.8 Å². The quantitative estimate of drug-likeness (QED) is 0.529. The number of amides is 1. The molecule has 0 saturated carbocycles. The average Bonchev–Trinajstić information content (AvgIpc) is 3.24. The normalized spacial score (nSPS) is 11.9. The van der Waals surface area contributed by atoms with Gasteiger partial charge in [-0.1, -0.05) is 39.3 Å². The predicted molar refractivity (Wildman–Crippen MR) is 118 cm³/mol. The molecule has 2 aromatic carbocycles. The SMILES string of the molecule is COc1ccc(C(CNC(=O)c2cc(-c3ccc(Br)cc3)on2)N(C)C)cc1OC. The Kier molecular flexibility index (Phi) is 7.12. The van der Waals surface area contributed by atoms with Crippen LogP contribution in [-0.4, -0.2) is 50.8 Å². The maximum Gasteiger partial charge on any atom is 0.273 e. The van der Waals surface area contributed by atoms with Crippen molar-refractivity contribution in [3.8, 4) is 22.8 Å². The minimum absolute atomic E-state index is 0.0633. The Hall–Kier alpha value is -2.84. The molecule has 0 fully saturated rings. The van der Waals surface area contributed by atoms with E-state index in [2.05, 4.69) is 26.4 Å². The van der Waals surface area contributed by atoms with Crippen molar-refractivity contribution in [2.24, 2.45) is 0 Å². The number of halogens is 1. The minimum atomic E-state index is -0.297. The molecular formula is C22H24BrN3O4. The molecule has 1 aromatic heterocycles. The summed E-state index contributed by atoms with van der Waals surface area (Å²) in [5, 5.41) is 6.85. The van der Waals surface area contributed by atoms with Gasteiger partial charge < -0.3 is 24.2 Å². The molecule has 3 rings (SSSR count). The molecule has 8 heteroatoms. The zero-order chi connectivity index (χ0) is 21.7. The highest BCUT2D eigenvalue weighted by molar-refractivity contribution is 9.10. The van der Waals surface area contributed by atoms with Crippen molar-refractivity contribution >= 4 is 21.8 Å². The predicted octanol–water partition coefficient (Wildman–Crippen LogP) is 4.15. The number of likely N-dealkylation sites (N-methyl/N-ethyl adjacent to an activating group) is 1. The number of methoxy groups -OCH3 is 2. The fourth-order valence-corrected chi connectivity index (χ4v) is 3.34. The first-order valence-electron chi connectivity index (χ1n) is 9.32. The standard InChI is InChI=1S/C22H24BrN3O4/c1-26(2)18(15-7-10-19(28-3)21(11-15)29-4)13-24-22(27)17-12-20(30-25-17)14-5-8-16(23)9-6-14/h5-12,18H,13H2,1-4H3,(H,24,27). The van der Waals surface area contributed by atoms with E-state index in [9.17, 15) is 4.79 Å². The van der Waals surface area contributed by atoms with Crippen molar-refractivity contribution in [2.45, 2.75) is 6.04 Å². The zero-order valence-corrected chi connectivity index (χ0v) is 18.9. The number of nitrogens with one attached hydrogen (secondary N) is 1. The van der Waals surface area contributed by atoms with Crippen LogP contribution >= 0.6 is 15.9 Å². The summed E-state index contributed by atoms with van der Waals surface area (Å²) in [4.78, 5) is 14.6. The summed E-state index contributed by atoms with van der Waals surface area (Å²) >= 11 is 3.40. The molecule has 158 valence electrons. The number of carbonyl (C=O) groups is 1. The van der Waals surface area contributed by atoms with Crippen LogP contribution in [0.4, 0.5) is 0 Å². The third-order valence-electron chi connectivity index (χ3n) is 4.74. The Balaban J connectivity index is 1.71. The van der Waals surface area contributed by atoms with Gasteiger partial charge in [0, 0.05) is 22.6 Å². The minimum Gasteiger partial charge on any atom is -0.493 e. The van der Waals surface area contributed by atoms with Crippen LogP contribution in [0.15, 0.2) is 57.5 Å². The van der Waals surface area contributed by atoms with E-state index in [-0.39, 0.29) is 17.6 Å². The zero-order valence-electron chi connectivity index (χ0n) is 17.3. The van der Waals surface area contributed by atoms with Gasteiger partial charge in [0.2, 0.25) is 0 Å². The Morgan fingerprint density at radius 2 is 1.80 bits per heavy atom. The van der Waals surface area contributed by atoms with Gasteiger partial charge in [-0.15, -0.1) is 0 Å². The Morgan fingerprint density at radius 3 is 2.43 bits per heavy atom. The number of rotatable bonds is 8. The number of benzene rings is 2. The molecule has 0 spiro atoms. The Labute approximate surface area is 184 Å². The van der Waals surface area contributed by atoms with Gasteiger partial charge >= 0.3 is 0 Å². The molecule has 0 bridgehead atoms. The fraction of sp³-hybridized carbons (Fsp3) is 0.273. The summed E-state index contributed by atoms with van der Waals surface area (Å²) in [5.74, 6) is 1.54. The van der Waals surface area contributed by atoms with Crippen LogP contribution in [0.5, 0.6) is 11.5 Å². The van der Waals surface area contributed by atoms with Gasteiger partial charge in [0.25, 0.3) is 5.91 Å². The smallest absolute Gasteiger partial charge is 0.273 e. The summed E-state index contributed by atoms with van der Waals surface area (Å²) < 4.78 is 17.0. The fourth-order valence-electron chi connectivity index (χ4n) is 3.07. The van der Waals surface area contributed by atoms with Crippen LogP contribution in [0, 0.1) is 0 Å². The first-order chi connectivity index (χ1) is 14.4. The number of hydrogen-bond acceptors (Lipinski definition) is 6. The summed E-state index contributed by atoms with van der Waals surface area (Å²) in [5.41, 5.74) is 2.08. The van der Waals surface area contributed by atoms with Crippen molar-refractivity contribution in [2.75, 3.05) is 34.9 Å². The summed E-state index contributed by atoms with van der Waals surface area (Å²) in [7, 11) is 7.10. The van der Waals surface area contributed by atoms with E-state index in [1.165, 1.54) is 0 Å². The van der Waals surface area contributed by atoms with E-state index in [0.717, 1.165) is 15.6 Å². The molecule has 1 heterocycles. The van der Waals surface area contributed by atoms with Crippen LogP contribution in [0.3, 0.4) is 0 Å². The Morgan fingerprint density at radius 1 is 1.10 bits per heavy atom. The molecule has 0 aliphatic heterocycles. The highest BCUT2D eigenvalue weighted by Gasteiger charge is 2.20. The number of ether oxygens (including phenoxy) is 2. The summed E-state index contributed by atoms with van der Waals surface area (Å²) in [6.45, 7) is 0.391. The molecule has 1 N–H and O–H groups in total. The highest BCUT2D eigenvalue weighted by Crippen LogP contribution is 2.31. The molecule has 30 heavy (non-hydrogen) atoms. The summed E-state index contributed by atoms with van der Waals surface area (Å²) in [6.07, 6.45) is 0. The third kappa shape index (κ3) is 5.01. The summed E-state index contributed by atoms with van der Waals surface area (Å²) in [6, 6.07) is 14.9. The van der Waals surface area contributed by atoms with Crippen LogP contribution in [0.2, 0.25) is 0 Å². The van der Waals surface area contributed by atoms with Crippen molar-refractivity contribution < 1.29 is 18.8 Å². The maximum atomic E-state index is 12.6. The lowest BCUT2D eigenvalue weighted by Gasteiger charge is -2.25. The van der Waals surface area contributed by atoms with Crippen LogP contribution in [0.25, 0.3) is 11.3 Å². The van der Waals surface area contributed by atoms with E-state index in [1.807, 2.05) is 61.5 Å². The van der Waals surface area contributed by atoms with Crippen LogP contribution in [-0.2, 0) is 0 Å². The number of hydrogen-bond donors (Lipinski definition) is 1. The van der Waals surface area contributed by atoms with E-state index in [4.69, 9.17) is 14.0 Å². The second kappa shape index (κ2) is 9.77. The molecular weight excluding hydrogens is 450 g/mol. The van der Waals surface area contributed by atoms with Crippen molar-refractivity contribution in [3.63, 3.8) is 0 Å². The molecule has 1 unspecified atom stereocenters. The van der Waals surface area contributed by atoms with Crippen LogP contribution < -0.4 is 14.8 Å². The molecule has 0 aliphatic rings. The lowest BCUT2D eigenvalue weighted by atomic mass is 10.0. The van der Waals surface area contributed by atoms with E-state index < -0.39 is 0 Å². The van der Waals surface area contributed by atoms with Gasteiger partial charge in [0.05, 0.1) is 20.3 Å². The van der Waals surface area contributed by atoms with Gasteiger partial charge in [-0.3, -0.25) is 4.79 Å². The molecule has 0 radical (unpaired) electrons. The molecule has 0 saturated heterocycles. The number of carbonyl (C=O) groups excluding carboxylic acids is 1. The maximum absolute atomic E-state index is 12.6. The highest BCUT2D eigenvalue weighted by atomic mass is 79.9. The second-order valence-corrected chi connectivity index (χ2v) is 7.80. The lowest BCUT2D eigenvalue weighted by molar-refractivity contribution is 0.0933. The Bertz CT molecular complexity index is 1000. The average molecular weight is 474 g/mol. The largest absolute Gasteiger partial charge is 0.493 e. The molecule has 1 atom stereocenters. The van der Waals surface area contributed by atoms with Gasteiger partial charge in [0.1, 0.15) is 0 Å². The second-order valence-electron chi connectivity index (χ2n) is 6.89. The van der Waals surface area contributed by atoms with Crippen molar-refractivity contribution in [3.05, 3.63) is 64.3 Å². The monoisotopic (exact) mass is 473 g/mol. The van der Waals surface area contributed by atoms with Gasteiger partial charge in [-0.25, -0.2) is 0 Å². The van der Waals surface area contributed by atoms with Gasteiger partial charge in [0.15, 0.2) is 23.0 Å². The lowest BCUT2D eigenvalue weighted by Crippen LogP contribution is -2.34. The van der Waals surface area contributed by atoms with E-state index >= 15 is 0 Å². The van der Waals surface area contributed by atoms with E-state index in [1.54, 1.807) is 20.3 Å². The first kappa shape index (κ1) is 21.9. The number of nitrogens with zero attached hydrogens (tertiary/aromatic N) is 2. The van der Waals surface area contributed by atoms with Crippen molar-refractivity contribution in [1.82, 2.24) is 15.4 Å². The molecule has 1 amide bonds. The number of aromatic nitrogens is 1.